The number of carbonyl (C=O) groups excluding carboxylic acids is 1. The molecule has 0 radical (unpaired) electrons. The van der Waals surface area contributed by atoms with E-state index in [-0.39, 0.29) is 0 Å². The molecule has 0 aliphatic carbocycles. The molecule has 0 unspecified atom stereocenters. The third-order valence-corrected chi connectivity index (χ3v) is 3.54. The molecule has 2 atom stereocenters. The highest BCUT2D eigenvalue weighted by Crippen LogP contribution is 2.37. The first-order valence-corrected chi connectivity index (χ1v) is 6.40. The van der Waals surface area contributed by atoms with E-state index < -0.39 is 60.4 Å². The van der Waals surface area contributed by atoms with Crippen LogP contribution < -0.4 is 5.32 Å². The number of nitrogens with zero attached hydrogens (tertiary/aromatic N) is 1. The van der Waals surface area contributed by atoms with Gasteiger partial charge in [-0.1, -0.05) is 6.07 Å². The molecule has 2 amide bonds. The SMILES string of the molecule is O=C(O)[C@@H]1CN(C(=O)Nc2cccc(F)c2F)C[C@H]1C(F)(F)F. The quantitative estimate of drug-likeness (QED) is 0.815. The summed E-state index contributed by atoms with van der Waals surface area (Å²) < 4.78 is 64.9. The fourth-order valence-corrected chi connectivity index (χ4v) is 2.35. The molecule has 1 aliphatic rings. The van der Waals surface area contributed by atoms with Crippen LogP contribution in [-0.2, 0) is 4.79 Å². The topological polar surface area (TPSA) is 69.6 Å². The minimum Gasteiger partial charge on any atom is -0.481 e. The largest absolute Gasteiger partial charge is 0.481 e. The van der Waals surface area contributed by atoms with Crippen molar-refractivity contribution in [1.82, 2.24) is 4.90 Å². The van der Waals surface area contributed by atoms with Gasteiger partial charge in [0.25, 0.3) is 0 Å². The number of benzene rings is 1. The van der Waals surface area contributed by atoms with Gasteiger partial charge in [0.15, 0.2) is 11.6 Å². The van der Waals surface area contributed by atoms with Crippen molar-refractivity contribution in [1.29, 1.82) is 0 Å². The number of hydrogen-bond donors (Lipinski definition) is 2. The Morgan fingerprint density at radius 3 is 2.39 bits per heavy atom. The number of nitrogens with one attached hydrogen (secondary N) is 1. The Balaban J connectivity index is 2.15. The summed E-state index contributed by atoms with van der Waals surface area (Å²) >= 11 is 0. The molecule has 2 rings (SSSR count). The van der Waals surface area contributed by atoms with Gasteiger partial charge in [-0.3, -0.25) is 4.79 Å². The molecule has 5 nitrogen and oxygen atoms in total. The second-order valence-corrected chi connectivity index (χ2v) is 5.03. The number of alkyl halides is 3. The normalized spacial score (nSPS) is 21.3. The number of likely N-dealkylation sites (tertiary alicyclic amines) is 1. The maximum atomic E-state index is 13.4. The first kappa shape index (κ1) is 17.0. The highest BCUT2D eigenvalue weighted by Gasteiger charge is 2.53. The number of carbonyl (C=O) groups is 2. The molecule has 1 saturated heterocycles. The molecule has 126 valence electrons. The first-order chi connectivity index (χ1) is 10.6. The van der Waals surface area contributed by atoms with Crippen LogP contribution in [0.25, 0.3) is 0 Å². The Bertz CT molecular complexity index is 635. The third-order valence-electron chi connectivity index (χ3n) is 3.54. The number of carboxylic acids is 1. The zero-order chi connectivity index (χ0) is 17.4. The average Bonchev–Trinajstić information content (AvgIpc) is 2.89. The highest BCUT2D eigenvalue weighted by atomic mass is 19.4. The van der Waals surface area contributed by atoms with E-state index in [1.54, 1.807) is 0 Å². The summed E-state index contributed by atoms with van der Waals surface area (Å²) in [5.41, 5.74) is -0.544. The van der Waals surface area contributed by atoms with Gasteiger partial charge in [-0.2, -0.15) is 13.2 Å². The summed E-state index contributed by atoms with van der Waals surface area (Å²) in [6, 6.07) is 1.81. The predicted octanol–water partition coefficient (Wildman–Crippen LogP) is 2.69. The molecule has 2 N–H and O–H groups in total. The summed E-state index contributed by atoms with van der Waals surface area (Å²) in [7, 11) is 0. The van der Waals surface area contributed by atoms with Gasteiger partial charge in [-0.15, -0.1) is 0 Å². The van der Waals surface area contributed by atoms with Gasteiger partial charge in [-0.25, -0.2) is 13.6 Å². The van der Waals surface area contributed by atoms with Crippen molar-refractivity contribution in [3.05, 3.63) is 29.8 Å². The smallest absolute Gasteiger partial charge is 0.394 e. The van der Waals surface area contributed by atoms with Crippen molar-refractivity contribution in [3.63, 3.8) is 0 Å². The van der Waals surface area contributed by atoms with E-state index in [9.17, 15) is 31.5 Å². The van der Waals surface area contributed by atoms with E-state index in [0.717, 1.165) is 18.2 Å². The number of halogens is 5. The third kappa shape index (κ3) is 3.51. The average molecular weight is 338 g/mol. The van der Waals surface area contributed by atoms with Crippen LogP contribution in [0.3, 0.4) is 0 Å². The summed E-state index contributed by atoms with van der Waals surface area (Å²) in [6.07, 6.45) is -4.79. The van der Waals surface area contributed by atoms with E-state index in [0.29, 0.717) is 4.90 Å². The second kappa shape index (κ2) is 6.01. The lowest BCUT2D eigenvalue weighted by Crippen LogP contribution is -2.35. The zero-order valence-corrected chi connectivity index (χ0v) is 11.4. The highest BCUT2D eigenvalue weighted by molar-refractivity contribution is 5.90. The molecule has 0 aromatic heterocycles. The number of amides is 2. The van der Waals surface area contributed by atoms with Crippen LogP contribution in [0.1, 0.15) is 0 Å². The van der Waals surface area contributed by atoms with Gasteiger partial charge in [0.1, 0.15) is 0 Å². The molecule has 0 spiro atoms. The summed E-state index contributed by atoms with van der Waals surface area (Å²) in [5.74, 6) is -8.30. The number of carboxylic acid groups (broad SMARTS) is 1. The van der Waals surface area contributed by atoms with Crippen molar-refractivity contribution in [2.75, 3.05) is 18.4 Å². The molecular formula is C13H11F5N2O3. The van der Waals surface area contributed by atoms with Gasteiger partial charge in [0.2, 0.25) is 0 Å². The van der Waals surface area contributed by atoms with Crippen LogP contribution in [-0.4, -0.2) is 41.3 Å². The van der Waals surface area contributed by atoms with Crippen molar-refractivity contribution in [2.24, 2.45) is 11.8 Å². The van der Waals surface area contributed by atoms with Crippen molar-refractivity contribution in [3.8, 4) is 0 Å². The predicted molar refractivity (Wildman–Crippen MR) is 67.6 cm³/mol. The monoisotopic (exact) mass is 338 g/mol. The van der Waals surface area contributed by atoms with E-state index in [2.05, 4.69) is 0 Å². The van der Waals surface area contributed by atoms with E-state index >= 15 is 0 Å². The maximum absolute atomic E-state index is 13.4. The number of urea groups is 1. The van der Waals surface area contributed by atoms with Crippen LogP contribution in [0.5, 0.6) is 0 Å². The summed E-state index contributed by atoms with van der Waals surface area (Å²) in [6.45, 7) is -1.55. The molecule has 23 heavy (non-hydrogen) atoms. The minimum atomic E-state index is -4.79. The standard InChI is InChI=1S/C13H11F5N2O3/c14-8-2-1-3-9(10(8)15)19-12(23)20-4-6(11(21)22)7(5-20)13(16,17)18/h1-3,6-7H,4-5H2,(H,19,23)(H,21,22)/t6-,7-/m1/s1. The Morgan fingerprint density at radius 1 is 1.22 bits per heavy atom. The molecule has 0 bridgehead atoms. The van der Waals surface area contributed by atoms with Crippen molar-refractivity contribution >= 4 is 17.7 Å². The van der Waals surface area contributed by atoms with Gasteiger partial charge in [0, 0.05) is 13.1 Å². The second-order valence-electron chi connectivity index (χ2n) is 5.03. The van der Waals surface area contributed by atoms with Crippen LogP contribution in [0.15, 0.2) is 18.2 Å². The fraction of sp³-hybridized carbons (Fsp3) is 0.385. The maximum Gasteiger partial charge on any atom is 0.394 e. The Morgan fingerprint density at radius 2 is 1.87 bits per heavy atom. The van der Waals surface area contributed by atoms with E-state index in [1.165, 1.54) is 0 Å². The number of rotatable bonds is 2. The van der Waals surface area contributed by atoms with Crippen LogP contribution in [0.2, 0.25) is 0 Å². The molecule has 1 aromatic rings. The van der Waals surface area contributed by atoms with Crippen LogP contribution in [0.4, 0.5) is 32.4 Å². The lowest BCUT2D eigenvalue weighted by Gasteiger charge is -2.19. The molecule has 1 heterocycles. The van der Waals surface area contributed by atoms with Gasteiger partial charge >= 0.3 is 18.2 Å². The molecule has 10 heteroatoms. The van der Waals surface area contributed by atoms with Gasteiger partial charge in [0.05, 0.1) is 17.5 Å². The Hall–Kier alpha value is -2.39. The van der Waals surface area contributed by atoms with Crippen molar-refractivity contribution < 1.29 is 36.6 Å². The minimum absolute atomic E-state index is 0.544. The lowest BCUT2D eigenvalue weighted by atomic mass is 9.96. The molecular weight excluding hydrogens is 327 g/mol. The molecule has 1 aromatic carbocycles. The zero-order valence-electron chi connectivity index (χ0n) is 11.4. The molecule has 0 saturated carbocycles. The molecule has 1 fully saturated rings. The Labute approximate surface area is 126 Å². The number of aliphatic carboxylic acids is 1. The Kier molecular flexibility index (Phi) is 4.44. The fourth-order valence-electron chi connectivity index (χ4n) is 2.35. The lowest BCUT2D eigenvalue weighted by molar-refractivity contribution is -0.187. The van der Waals surface area contributed by atoms with Gasteiger partial charge in [-0.05, 0) is 12.1 Å². The summed E-state index contributed by atoms with van der Waals surface area (Å²) in [5, 5.41) is 10.8. The van der Waals surface area contributed by atoms with Crippen LogP contribution in [0, 0.1) is 23.5 Å². The summed E-state index contributed by atoms with van der Waals surface area (Å²) in [4.78, 5) is 23.4. The van der Waals surface area contributed by atoms with E-state index in [4.69, 9.17) is 5.11 Å². The van der Waals surface area contributed by atoms with E-state index in [1.807, 2.05) is 5.32 Å². The number of anilines is 1. The van der Waals surface area contributed by atoms with Crippen molar-refractivity contribution in [2.45, 2.75) is 6.18 Å². The number of hydrogen-bond acceptors (Lipinski definition) is 2. The van der Waals surface area contributed by atoms with Crippen LogP contribution >= 0.6 is 0 Å². The first-order valence-electron chi connectivity index (χ1n) is 6.40. The van der Waals surface area contributed by atoms with Gasteiger partial charge < -0.3 is 15.3 Å². The molecule has 1 aliphatic heterocycles.